The molecule has 0 saturated carbocycles. The third kappa shape index (κ3) is 3.44. The van der Waals surface area contributed by atoms with Crippen molar-refractivity contribution in [2.45, 2.75) is 31.5 Å². The second-order valence-electron chi connectivity index (χ2n) is 5.57. The van der Waals surface area contributed by atoms with E-state index >= 15 is 0 Å². The molecule has 0 unspecified atom stereocenters. The molecule has 1 N–H and O–H groups in total. The zero-order valence-corrected chi connectivity index (χ0v) is 13.2. The topological polar surface area (TPSA) is 58.6 Å². The standard InChI is InChI=1S/C16H20N2O3S/c19-15(13-7-4-8-17-13)18-11-22-10-14(18)16(20)21-9-12-5-2-1-3-6-12/h1-3,5-6,13-14,17H,4,7-11H2/t13-,14-/m0/s1. The number of nitrogens with zero attached hydrogens (tertiary/aromatic N) is 1. The number of hydrogen-bond acceptors (Lipinski definition) is 5. The fourth-order valence-corrected chi connectivity index (χ4v) is 3.92. The van der Waals surface area contributed by atoms with Gasteiger partial charge in [0.25, 0.3) is 0 Å². The van der Waals surface area contributed by atoms with Crippen molar-refractivity contribution in [3.05, 3.63) is 35.9 Å². The fourth-order valence-electron chi connectivity index (χ4n) is 2.78. The van der Waals surface area contributed by atoms with E-state index < -0.39 is 6.04 Å². The molecule has 118 valence electrons. The number of esters is 1. The predicted octanol–water partition coefficient (Wildman–Crippen LogP) is 1.38. The Morgan fingerprint density at radius 2 is 2.14 bits per heavy atom. The second-order valence-corrected chi connectivity index (χ2v) is 6.57. The third-order valence-electron chi connectivity index (χ3n) is 4.02. The van der Waals surface area contributed by atoms with Gasteiger partial charge in [0.1, 0.15) is 12.6 Å². The molecule has 0 radical (unpaired) electrons. The molecule has 22 heavy (non-hydrogen) atoms. The molecule has 6 heteroatoms. The van der Waals surface area contributed by atoms with Crippen molar-refractivity contribution in [3.63, 3.8) is 0 Å². The maximum atomic E-state index is 12.5. The number of carbonyl (C=O) groups excluding carboxylic acids is 2. The van der Waals surface area contributed by atoms with Gasteiger partial charge in [0.2, 0.25) is 5.91 Å². The number of amides is 1. The van der Waals surface area contributed by atoms with Crippen LogP contribution in [-0.2, 0) is 20.9 Å². The van der Waals surface area contributed by atoms with Gasteiger partial charge in [0.05, 0.1) is 11.9 Å². The number of ether oxygens (including phenoxy) is 1. The van der Waals surface area contributed by atoms with Crippen LogP contribution in [-0.4, -0.2) is 47.0 Å². The lowest BCUT2D eigenvalue weighted by molar-refractivity contribution is -0.154. The normalized spacial score (nSPS) is 24.5. The van der Waals surface area contributed by atoms with Crippen molar-refractivity contribution >= 4 is 23.6 Å². The van der Waals surface area contributed by atoms with Gasteiger partial charge in [-0.15, -0.1) is 11.8 Å². The van der Waals surface area contributed by atoms with Crippen molar-refractivity contribution in [1.29, 1.82) is 0 Å². The van der Waals surface area contributed by atoms with Crippen molar-refractivity contribution in [3.8, 4) is 0 Å². The highest BCUT2D eigenvalue weighted by Crippen LogP contribution is 2.24. The molecule has 2 aliphatic heterocycles. The minimum absolute atomic E-state index is 0.0316. The van der Waals surface area contributed by atoms with Crippen LogP contribution in [0.5, 0.6) is 0 Å². The Bertz CT molecular complexity index is 531. The van der Waals surface area contributed by atoms with E-state index in [4.69, 9.17) is 4.74 Å². The summed E-state index contributed by atoms with van der Waals surface area (Å²) in [5.74, 6) is 0.915. The van der Waals surface area contributed by atoms with Crippen molar-refractivity contribution in [1.82, 2.24) is 10.2 Å². The summed E-state index contributed by atoms with van der Waals surface area (Å²) in [6.45, 7) is 1.13. The van der Waals surface area contributed by atoms with Crippen molar-refractivity contribution < 1.29 is 14.3 Å². The SMILES string of the molecule is O=C(OCc1ccccc1)[C@@H]1CSCN1C(=O)[C@@H]1CCCN1. The van der Waals surface area contributed by atoms with Gasteiger partial charge in [0.15, 0.2) is 0 Å². The van der Waals surface area contributed by atoms with Crippen LogP contribution >= 0.6 is 11.8 Å². The van der Waals surface area contributed by atoms with Crippen LogP contribution in [0.1, 0.15) is 18.4 Å². The van der Waals surface area contributed by atoms with E-state index in [0.29, 0.717) is 11.6 Å². The largest absolute Gasteiger partial charge is 0.459 e. The predicted molar refractivity (Wildman–Crippen MR) is 85.2 cm³/mol. The van der Waals surface area contributed by atoms with Crippen LogP contribution < -0.4 is 5.32 Å². The number of nitrogens with one attached hydrogen (secondary N) is 1. The van der Waals surface area contributed by atoms with Gasteiger partial charge in [-0.2, -0.15) is 0 Å². The Labute approximate surface area is 134 Å². The molecule has 2 saturated heterocycles. The fraction of sp³-hybridized carbons (Fsp3) is 0.500. The Morgan fingerprint density at radius 1 is 1.32 bits per heavy atom. The van der Waals surface area contributed by atoms with Gasteiger partial charge in [-0.3, -0.25) is 4.79 Å². The molecule has 5 nitrogen and oxygen atoms in total. The molecule has 2 fully saturated rings. The molecule has 0 aromatic heterocycles. The van der Waals surface area contributed by atoms with Crippen molar-refractivity contribution in [2.24, 2.45) is 0 Å². The first-order valence-electron chi connectivity index (χ1n) is 7.58. The summed E-state index contributed by atoms with van der Waals surface area (Å²) in [6, 6.07) is 9.00. The highest BCUT2D eigenvalue weighted by atomic mass is 32.2. The number of benzene rings is 1. The van der Waals surface area contributed by atoms with Crippen molar-refractivity contribution in [2.75, 3.05) is 18.2 Å². The molecule has 0 bridgehead atoms. The lowest BCUT2D eigenvalue weighted by Gasteiger charge is -2.25. The van der Waals surface area contributed by atoms with Gasteiger partial charge in [-0.1, -0.05) is 30.3 Å². The van der Waals surface area contributed by atoms with Gasteiger partial charge in [-0.05, 0) is 24.9 Å². The smallest absolute Gasteiger partial charge is 0.330 e. The third-order valence-corrected chi connectivity index (χ3v) is 5.03. The number of rotatable bonds is 4. The van der Waals surface area contributed by atoms with Crippen LogP contribution in [0.2, 0.25) is 0 Å². The lowest BCUT2D eigenvalue weighted by atomic mass is 10.2. The molecule has 3 rings (SSSR count). The van der Waals surface area contributed by atoms with E-state index in [1.165, 1.54) is 0 Å². The summed E-state index contributed by atoms with van der Waals surface area (Å²) in [6.07, 6.45) is 1.87. The Morgan fingerprint density at radius 3 is 2.86 bits per heavy atom. The van der Waals surface area contributed by atoms with E-state index in [1.54, 1.807) is 16.7 Å². The Hall–Kier alpha value is -1.53. The van der Waals surface area contributed by atoms with Gasteiger partial charge >= 0.3 is 5.97 Å². The van der Waals surface area contributed by atoms with Gasteiger partial charge in [0, 0.05) is 5.75 Å². The molecule has 1 amide bonds. The monoisotopic (exact) mass is 320 g/mol. The summed E-state index contributed by atoms with van der Waals surface area (Å²) in [4.78, 5) is 26.4. The van der Waals surface area contributed by atoms with Crippen LogP contribution in [0.3, 0.4) is 0 Å². The van der Waals surface area contributed by atoms with Crippen LogP contribution in [0.25, 0.3) is 0 Å². The molecule has 1 aromatic rings. The summed E-state index contributed by atoms with van der Waals surface area (Å²) in [5.41, 5.74) is 0.955. The molecule has 2 atom stereocenters. The second kappa shape index (κ2) is 7.15. The molecular weight excluding hydrogens is 300 g/mol. The minimum Gasteiger partial charge on any atom is -0.459 e. The first-order chi connectivity index (χ1) is 10.8. The van der Waals surface area contributed by atoms with Crippen LogP contribution in [0, 0.1) is 0 Å². The average Bonchev–Trinajstić information content (AvgIpc) is 3.24. The molecular formula is C16H20N2O3S. The number of carbonyl (C=O) groups is 2. The zero-order valence-electron chi connectivity index (χ0n) is 12.4. The lowest BCUT2D eigenvalue weighted by Crippen LogP contribution is -2.49. The van der Waals surface area contributed by atoms with E-state index in [2.05, 4.69) is 5.32 Å². The highest BCUT2D eigenvalue weighted by Gasteiger charge is 2.39. The zero-order chi connectivity index (χ0) is 15.4. The quantitative estimate of drug-likeness (QED) is 0.850. The molecule has 1 aromatic carbocycles. The first-order valence-corrected chi connectivity index (χ1v) is 8.73. The van der Waals surface area contributed by atoms with E-state index in [0.717, 1.165) is 24.9 Å². The first kappa shape index (κ1) is 15.4. The molecule has 2 heterocycles. The average molecular weight is 320 g/mol. The molecule has 2 aliphatic rings. The summed E-state index contributed by atoms with van der Waals surface area (Å²) in [7, 11) is 0. The van der Waals surface area contributed by atoms with Crippen LogP contribution in [0.4, 0.5) is 0 Å². The number of thioether (sulfide) groups is 1. The van der Waals surface area contributed by atoms with Gasteiger partial charge in [-0.25, -0.2) is 4.79 Å². The summed E-state index contributed by atoms with van der Waals surface area (Å²) in [5, 5.41) is 3.20. The van der Waals surface area contributed by atoms with E-state index in [-0.39, 0.29) is 24.5 Å². The Kier molecular flexibility index (Phi) is 5.00. The summed E-state index contributed by atoms with van der Waals surface area (Å²) >= 11 is 1.60. The van der Waals surface area contributed by atoms with Gasteiger partial charge < -0.3 is 15.0 Å². The highest BCUT2D eigenvalue weighted by molar-refractivity contribution is 7.99. The van der Waals surface area contributed by atoms with Crippen LogP contribution in [0.15, 0.2) is 30.3 Å². The molecule has 0 spiro atoms. The summed E-state index contributed by atoms with van der Waals surface area (Å²) < 4.78 is 5.39. The maximum Gasteiger partial charge on any atom is 0.330 e. The van der Waals surface area contributed by atoms with E-state index in [9.17, 15) is 9.59 Å². The Balaban J connectivity index is 1.57. The minimum atomic E-state index is -0.455. The van der Waals surface area contributed by atoms with E-state index in [1.807, 2.05) is 30.3 Å². The maximum absolute atomic E-state index is 12.5. The molecule has 0 aliphatic carbocycles. The number of hydrogen-bond donors (Lipinski definition) is 1.